The fourth-order valence-electron chi connectivity index (χ4n) is 2.60. The number of nitriles is 1. The fourth-order valence-corrected chi connectivity index (χ4v) is 2.60. The van der Waals surface area contributed by atoms with E-state index in [1.54, 1.807) is 0 Å². The second-order valence-electron chi connectivity index (χ2n) is 5.16. The molecule has 1 aliphatic carbocycles. The first-order valence-electron chi connectivity index (χ1n) is 7.25. The molecule has 19 heavy (non-hydrogen) atoms. The molecule has 1 saturated carbocycles. The number of benzene rings is 1. The van der Waals surface area contributed by atoms with Gasteiger partial charge in [-0.15, -0.1) is 0 Å². The van der Waals surface area contributed by atoms with Gasteiger partial charge in [-0.2, -0.15) is 5.26 Å². The van der Waals surface area contributed by atoms with Gasteiger partial charge < -0.3 is 10.1 Å². The van der Waals surface area contributed by atoms with Crippen molar-refractivity contribution in [3.8, 4) is 11.8 Å². The molecule has 102 valence electrons. The van der Waals surface area contributed by atoms with Crippen LogP contribution in [0.3, 0.4) is 0 Å². The first-order valence-corrected chi connectivity index (χ1v) is 7.25. The maximum Gasteiger partial charge on any atom is 0.174 e. The van der Waals surface area contributed by atoms with Crippen LogP contribution in [0.2, 0.25) is 0 Å². The highest BCUT2D eigenvalue weighted by Gasteiger charge is 2.10. The number of nitrogens with zero attached hydrogens (tertiary/aromatic N) is 1. The quantitative estimate of drug-likeness (QED) is 0.883. The number of nitrogens with one attached hydrogen (secondary N) is 1. The Balaban J connectivity index is 1.85. The predicted octanol–water partition coefficient (Wildman–Crippen LogP) is 4.11. The summed E-state index contributed by atoms with van der Waals surface area (Å²) < 4.78 is 5.25. The highest BCUT2D eigenvalue weighted by molar-refractivity contribution is 5.47. The van der Waals surface area contributed by atoms with Crippen molar-refractivity contribution in [2.24, 2.45) is 0 Å². The summed E-state index contributed by atoms with van der Waals surface area (Å²) in [7, 11) is 0. The van der Waals surface area contributed by atoms with Crippen molar-refractivity contribution in [1.29, 1.82) is 5.26 Å². The van der Waals surface area contributed by atoms with E-state index in [1.807, 2.05) is 30.3 Å². The number of ether oxygens (including phenoxy) is 1. The second-order valence-corrected chi connectivity index (χ2v) is 5.16. The van der Waals surface area contributed by atoms with Gasteiger partial charge in [0.1, 0.15) is 11.8 Å². The van der Waals surface area contributed by atoms with Gasteiger partial charge in [0.2, 0.25) is 0 Å². The van der Waals surface area contributed by atoms with Gasteiger partial charge in [0, 0.05) is 11.7 Å². The molecule has 0 amide bonds. The molecule has 0 radical (unpaired) electrons. The minimum absolute atomic E-state index is 0.107. The van der Waals surface area contributed by atoms with Crippen LogP contribution in [0, 0.1) is 11.3 Å². The monoisotopic (exact) mass is 258 g/mol. The molecular weight excluding hydrogens is 236 g/mol. The first-order chi connectivity index (χ1) is 9.38. The molecule has 3 nitrogen and oxygen atoms in total. The molecular formula is C16H22N2O. The Morgan fingerprint density at radius 2 is 1.68 bits per heavy atom. The molecule has 0 bridgehead atoms. The van der Waals surface area contributed by atoms with Crippen molar-refractivity contribution < 1.29 is 4.74 Å². The van der Waals surface area contributed by atoms with Crippen LogP contribution in [-0.2, 0) is 0 Å². The molecule has 1 aromatic carbocycles. The van der Waals surface area contributed by atoms with E-state index in [9.17, 15) is 0 Å². The third-order valence-corrected chi connectivity index (χ3v) is 3.63. The van der Waals surface area contributed by atoms with Crippen LogP contribution in [-0.4, -0.2) is 12.6 Å². The van der Waals surface area contributed by atoms with E-state index < -0.39 is 0 Å². The van der Waals surface area contributed by atoms with Gasteiger partial charge in [-0.3, -0.25) is 0 Å². The molecule has 1 fully saturated rings. The number of hydrogen-bond donors (Lipinski definition) is 1. The Hall–Kier alpha value is -1.69. The van der Waals surface area contributed by atoms with Crippen LogP contribution in [0.1, 0.15) is 44.9 Å². The Bertz CT molecular complexity index is 400. The first kappa shape index (κ1) is 13.7. The van der Waals surface area contributed by atoms with Crippen molar-refractivity contribution in [2.75, 3.05) is 11.9 Å². The van der Waals surface area contributed by atoms with Crippen molar-refractivity contribution in [3.05, 3.63) is 24.3 Å². The molecule has 1 aliphatic rings. The molecule has 0 spiro atoms. The fraction of sp³-hybridized carbons (Fsp3) is 0.562. The smallest absolute Gasteiger partial charge is 0.174 e. The molecule has 2 rings (SSSR count). The summed E-state index contributed by atoms with van der Waals surface area (Å²) in [6, 6.07) is 10.5. The van der Waals surface area contributed by atoms with Crippen LogP contribution in [0.25, 0.3) is 0 Å². The largest absolute Gasteiger partial charge is 0.479 e. The minimum atomic E-state index is 0.107. The SMILES string of the molecule is N#CCOc1ccc(NC2CCCCCCC2)cc1. The second kappa shape index (κ2) is 7.68. The predicted molar refractivity (Wildman–Crippen MR) is 77.3 cm³/mol. The van der Waals surface area contributed by atoms with Crippen LogP contribution in [0.4, 0.5) is 5.69 Å². The molecule has 0 aliphatic heterocycles. The zero-order valence-electron chi connectivity index (χ0n) is 11.4. The van der Waals surface area contributed by atoms with E-state index in [4.69, 9.17) is 10.00 Å². The number of anilines is 1. The molecule has 0 heterocycles. The van der Waals surface area contributed by atoms with Crippen LogP contribution < -0.4 is 10.1 Å². The van der Waals surface area contributed by atoms with Gasteiger partial charge in [-0.1, -0.05) is 32.1 Å². The summed E-state index contributed by atoms with van der Waals surface area (Å²) in [6.45, 7) is 0.107. The standard InChI is InChI=1S/C16H22N2O/c17-12-13-19-16-10-8-15(9-11-16)18-14-6-4-2-1-3-5-7-14/h8-11,14,18H,1-7,13H2. The van der Waals surface area contributed by atoms with Gasteiger partial charge in [0.05, 0.1) is 0 Å². The summed E-state index contributed by atoms with van der Waals surface area (Å²) in [6.07, 6.45) is 9.36. The Labute approximate surface area is 115 Å². The van der Waals surface area contributed by atoms with E-state index in [0.29, 0.717) is 6.04 Å². The number of hydrogen-bond acceptors (Lipinski definition) is 3. The normalized spacial score (nSPS) is 17.0. The third-order valence-electron chi connectivity index (χ3n) is 3.63. The van der Waals surface area contributed by atoms with Gasteiger partial charge >= 0.3 is 0 Å². The summed E-state index contributed by atoms with van der Waals surface area (Å²) in [5.74, 6) is 0.754. The zero-order valence-corrected chi connectivity index (χ0v) is 11.4. The highest BCUT2D eigenvalue weighted by Crippen LogP contribution is 2.22. The molecule has 1 N–H and O–H groups in total. The topological polar surface area (TPSA) is 45.0 Å². The van der Waals surface area contributed by atoms with Gasteiger partial charge in [0.25, 0.3) is 0 Å². The maximum absolute atomic E-state index is 8.46. The average molecular weight is 258 g/mol. The zero-order chi connectivity index (χ0) is 13.3. The van der Waals surface area contributed by atoms with Crippen molar-refractivity contribution in [3.63, 3.8) is 0 Å². The molecule has 0 unspecified atom stereocenters. The van der Waals surface area contributed by atoms with E-state index in [-0.39, 0.29) is 6.61 Å². The lowest BCUT2D eigenvalue weighted by Gasteiger charge is -2.22. The highest BCUT2D eigenvalue weighted by atomic mass is 16.5. The summed E-state index contributed by atoms with van der Waals surface area (Å²) >= 11 is 0. The molecule has 0 saturated heterocycles. The Kier molecular flexibility index (Phi) is 5.55. The van der Waals surface area contributed by atoms with Gasteiger partial charge in [0.15, 0.2) is 6.61 Å². The maximum atomic E-state index is 8.46. The van der Waals surface area contributed by atoms with E-state index in [2.05, 4.69) is 5.32 Å². The van der Waals surface area contributed by atoms with Crippen molar-refractivity contribution >= 4 is 5.69 Å². The lowest BCUT2D eigenvalue weighted by Crippen LogP contribution is -2.20. The van der Waals surface area contributed by atoms with Crippen LogP contribution in [0.5, 0.6) is 5.75 Å². The summed E-state index contributed by atoms with van der Waals surface area (Å²) in [5.41, 5.74) is 1.15. The summed E-state index contributed by atoms with van der Waals surface area (Å²) in [5, 5.41) is 12.1. The van der Waals surface area contributed by atoms with Crippen molar-refractivity contribution in [2.45, 2.75) is 51.0 Å². The lowest BCUT2D eigenvalue weighted by atomic mass is 9.96. The number of rotatable bonds is 4. The molecule has 1 aromatic rings. The minimum Gasteiger partial charge on any atom is -0.479 e. The summed E-state index contributed by atoms with van der Waals surface area (Å²) in [4.78, 5) is 0. The lowest BCUT2D eigenvalue weighted by molar-refractivity contribution is 0.368. The van der Waals surface area contributed by atoms with E-state index in [0.717, 1.165) is 11.4 Å². The molecule has 3 heteroatoms. The van der Waals surface area contributed by atoms with Crippen LogP contribution in [0.15, 0.2) is 24.3 Å². The molecule has 0 atom stereocenters. The third kappa shape index (κ3) is 4.82. The average Bonchev–Trinajstić information content (AvgIpc) is 2.41. The van der Waals surface area contributed by atoms with Crippen molar-refractivity contribution in [1.82, 2.24) is 0 Å². The van der Waals surface area contributed by atoms with E-state index in [1.165, 1.54) is 44.9 Å². The van der Waals surface area contributed by atoms with Gasteiger partial charge in [-0.25, -0.2) is 0 Å². The molecule has 0 aromatic heterocycles. The Morgan fingerprint density at radius 1 is 1.05 bits per heavy atom. The van der Waals surface area contributed by atoms with E-state index >= 15 is 0 Å². The Morgan fingerprint density at radius 3 is 2.32 bits per heavy atom. The van der Waals surface area contributed by atoms with Gasteiger partial charge in [-0.05, 0) is 37.1 Å². The van der Waals surface area contributed by atoms with Crippen LogP contribution >= 0.6 is 0 Å².